The van der Waals surface area contributed by atoms with E-state index in [1.54, 1.807) is 0 Å². The van der Waals surface area contributed by atoms with Gasteiger partial charge in [-0.1, -0.05) is 36.0 Å². The number of hydrogen-bond acceptors (Lipinski definition) is 1. The van der Waals surface area contributed by atoms with Gasteiger partial charge < -0.3 is 0 Å². The predicted octanol–water partition coefficient (Wildman–Crippen LogP) is 2.55. The van der Waals surface area contributed by atoms with Crippen LogP contribution < -0.4 is 0 Å². The maximum atomic E-state index is 11.3. The third-order valence-electron chi connectivity index (χ3n) is 2.90. The molecule has 2 aliphatic carbocycles. The molecule has 3 heteroatoms. The third-order valence-corrected chi connectivity index (χ3v) is 3.83. The number of halogens is 2. The highest BCUT2D eigenvalue weighted by atomic mass is 35.5. The third kappa shape index (κ3) is 0.940. The lowest BCUT2D eigenvalue weighted by Crippen LogP contribution is -2.57. The number of fused-ring (bicyclic) bond motifs is 1. The molecule has 0 saturated heterocycles. The minimum absolute atomic E-state index is 0.0607. The standard InChI is InChI=1S/C8H10Cl2O/c9-8(10)6-4-2-1-3-5(6)7(8)11/h5-6H,1-4H2. The molecule has 2 atom stereocenters. The summed E-state index contributed by atoms with van der Waals surface area (Å²) in [5.41, 5.74) is 0. The molecule has 0 amide bonds. The highest BCUT2D eigenvalue weighted by Gasteiger charge is 2.60. The lowest BCUT2D eigenvalue weighted by Gasteiger charge is -2.48. The molecule has 2 unspecified atom stereocenters. The Morgan fingerprint density at radius 2 is 1.91 bits per heavy atom. The van der Waals surface area contributed by atoms with E-state index in [1.807, 2.05) is 0 Å². The molecule has 0 aromatic rings. The minimum Gasteiger partial charge on any atom is -0.296 e. The Morgan fingerprint density at radius 3 is 2.55 bits per heavy atom. The molecular formula is C8H10Cl2O. The van der Waals surface area contributed by atoms with Gasteiger partial charge >= 0.3 is 0 Å². The van der Waals surface area contributed by atoms with Crippen LogP contribution in [-0.4, -0.2) is 10.1 Å². The smallest absolute Gasteiger partial charge is 0.179 e. The van der Waals surface area contributed by atoms with Crippen molar-refractivity contribution in [2.75, 3.05) is 0 Å². The molecule has 2 fully saturated rings. The second-order valence-electron chi connectivity index (χ2n) is 3.48. The molecule has 2 aliphatic rings. The number of rotatable bonds is 0. The van der Waals surface area contributed by atoms with E-state index in [0.717, 1.165) is 19.3 Å². The average Bonchev–Trinajstić information content (AvgIpc) is 2.04. The Hall–Kier alpha value is 0.250. The first-order chi connectivity index (χ1) is 5.14. The molecule has 0 heterocycles. The highest BCUT2D eigenvalue weighted by Crippen LogP contribution is 2.54. The SMILES string of the molecule is O=C1C2CCCCC2C1(Cl)Cl. The second-order valence-corrected chi connectivity index (χ2v) is 4.87. The number of carbonyl (C=O) groups excluding carboxylic acids is 1. The fourth-order valence-corrected chi connectivity index (χ4v) is 3.01. The Kier molecular flexibility index (Phi) is 1.69. The fourth-order valence-electron chi connectivity index (χ4n) is 2.21. The van der Waals surface area contributed by atoms with Crippen molar-refractivity contribution < 1.29 is 4.79 Å². The zero-order valence-electron chi connectivity index (χ0n) is 6.15. The first kappa shape index (κ1) is 7.88. The van der Waals surface area contributed by atoms with Crippen molar-refractivity contribution in [1.82, 2.24) is 0 Å². The Morgan fingerprint density at radius 1 is 1.27 bits per heavy atom. The summed E-state index contributed by atoms with van der Waals surface area (Å²) in [5.74, 6) is 0.511. The summed E-state index contributed by atoms with van der Waals surface area (Å²) in [6.45, 7) is 0. The average molecular weight is 193 g/mol. The van der Waals surface area contributed by atoms with Crippen LogP contribution in [0.1, 0.15) is 25.7 Å². The summed E-state index contributed by atoms with van der Waals surface area (Å²) >= 11 is 11.7. The van der Waals surface area contributed by atoms with Gasteiger partial charge in [0.05, 0.1) is 0 Å². The van der Waals surface area contributed by atoms with E-state index in [0.29, 0.717) is 0 Å². The molecule has 11 heavy (non-hydrogen) atoms. The van der Waals surface area contributed by atoms with Crippen molar-refractivity contribution in [3.05, 3.63) is 0 Å². The quantitative estimate of drug-likeness (QED) is 0.540. The fraction of sp³-hybridized carbons (Fsp3) is 0.875. The van der Waals surface area contributed by atoms with E-state index in [1.165, 1.54) is 6.42 Å². The van der Waals surface area contributed by atoms with Crippen LogP contribution in [0.4, 0.5) is 0 Å². The van der Waals surface area contributed by atoms with Crippen LogP contribution in [0.3, 0.4) is 0 Å². The maximum Gasteiger partial charge on any atom is 0.179 e. The molecule has 0 radical (unpaired) electrons. The number of carbonyl (C=O) groups is 1. The first-order valence-corrected chi connectivity index (χ1v) is 4.82. The van der Waals surface area contributed by atoms with Gasteiger partial charge in [0.2, 0.25) is 0 Å². The summed E-state index contributed by atoms with van der Waals surface area (Å²) in [6.07, 6.45) is 4.38. The molecule has 2 saturated carbocycles. The lowest BCUT2D eigenvalue weighted by molar-refractivity contribution is -0.137. The minimum atomic E-state index is -1.02. The van der Waals surface area contributed by atoms with Gasteiger partial charge in [-0.2, -0.15) is 0 Å². The maximum absolute atomic E-state index is 11.3. The number of hydrogen-bond donors (Lipinski definition) is 0. The summed E-state index contributed by atoms with van der Waals surface area (Å²) in [6, 6.07) is 0. The molecule has 0 aromatic carbocycles. The number of alkyl halides is 2. The monoisotopic (exact) mass is 192 g/mol. The van der Waals surface area contributed by atoms with Crippen molar-refractivity contribution in [2.24, 2.45) is 11.8 Å². The predicted molar refractivity (Wildman–Crippen MR) is 44.9 cm³/mol. The molecule has 62 valence electrons. The largest absolute Gasteiger partial charge is 0.296 e. The van der Waals surface area contributed by atoms with E-state index in [4.69, 9.17) is 23.2 Å². The second kappa shape index (κ2) is 2.37. The van der Waals surface area contributed by atoms with Crippen molar-refractivity contribution >= 4 is 29.0 Å². The van der Waals surface area contributed by atoms with Gasteiger partial charge in [-0.05, 0) is 12.8 Å². The molecule has 0 N–H and O–H groups in total. The molecule has 0 spiro atoms. The zero-order chi connectivity index (χ0) is 8.06. The van der Waals surface area contributed by atoms with Crippen LogP contribution in [0.25, 0.3) is 0 Å². The molecule has 0 bridgehead atoms. The molecular weight excluding hydrogens is 183 g/mol. The van der Waals surface area contributed by atoms with E-state index >= 15 is 0 Å². The van der Waals surface area contributed by atoms with E-state index < -0.39 is 4.33 Å². The van der Waals surface area contributed by atoms with Gasteiger partial charge in [0, 0.05) is 11.8 Å². The summed E-state index contributed by atoms with van der Waals surface area (Å²) in [5, 5.41) is 0. The number of ketones is 1. The van der Waals surface area contributed by atoms with Crippen LogP contribution in [0, 0.1) is 11.8 Å². The van der Waals surface area contributed by atoms with Crippen LogP contribution in [0.15, 0.2) is 0 Å². The molecule has 0 aromatic heterocycles. The Bertz CT molecular complexity index is 200. The molecule has 2 rings (SSSR count). The molecule has 0 aliphatic heterocycles. The Labute approximate surface area is 76.1 Å². The van der Waals surface area contributed by atoms with E-state index in [2.05, 4.69) is 0 Å². The Balaban J connectivity index is 2.15. The van der Waals surface area contributed by atoms with Crippen molar-refractivity contribution in [3.63, 3.8) is 0 Å². The van der Waals surface area contributed by atoms with Gasteiger partial charge in [-0.3, -0.25) is 4.79 Å². The summed E-state index contributed by atoms with van der Waals surface area (Å²) in [7, 11) is 0. The van der Waals surface area contributed by atoms with Crippen LogP contribution in [0.5, 0.6) is 0 Å². The van der Waals surface area contributed by atoms with Gasteiger partial charge in [0.1, 0.15) is 0 Å². The van der Waals surface area contributed by atoms with Crippen molar-refractivity contribution in [3.8, 4) is 0 Å². The van der Waals surface area contributed by atoms with Gasteiger partial charge in [-0.15, -0.1) is 0 Å². The lowest BCUT2D eigenvalue weighted by atomic mass is 9.64. The van der Waals surface area contributed by atoms with Crippen LogP contribution in [-0.2, 0) is 4.79 Å². The topological polar surface area (TPSA) is 17.1 Å². The van der Waals surface area contributed by atoms with Gasteiger partial charge in [-0.25, -0.2) is 0 Å². The van der Waals surface area contributed by atoms with Crippen LogP contribution in [0.2, 0.25) is 0 Å². The van der Waals surface area contributed by atoms with Crippen molar-refractivity contribution in [2.45, 2.75) is 30.0 Å². The van der Waals surface area contributed by atoms with Crippen LogP contribution >= 0.6 is 23.2 Å². The summed E-state index contributed by atoms with van der Waals surface area (Å²) < 4.78 is -1.02. The molecule has 1 nitrogen and oxygen atoms in total. The first-order valence-electron chi connectivity index (χ1n) is 4.06. The normalized spacial score (nSPS) is 41.1. The van der Waals surface area contributed by atoms with Gasteiger partial charge in [0.15, 0.2) is 10.1 Å². The zero-order valence-corrected chi connectivity index (χ0v) is 7.66. The highest BCUT2D eigenvalue weighted by molar-refractivity contribution is 6.60. The number of Topliss-reactive ketones (excluding diaryl/α,β-unsaturated/α-hetero) is 1. The van der Waals surface area contributed by atoms with E-state index in [-0.39, 0.29) is 17.6 Å². The van der Waals surface area contributed by atoms with Crippen molar-refractivity contribution in [1.29, 1.82) is 0 Å². The van der Waals surface area contributed by atoms with E-state index in [9.17, 15) is 4.79 Å². The summed E-state index contributed by atoms with van der Waals surface area (Å²) in [4.78, 5) is 11.3. The van der Waals surface area contributed by atoms with Gasteiger partial charge in [0.25, 0.3) is 0 Å².